The van der Waals surface area contributed by atoms with Crippen molar-refractivity contribution in [3.8, 4) is 22.3 Å². The van der Waals surface area contributed by atoms with Crippen molar-refractivity contribution in [1.82, 2.24) is 8.80 Å². The van der Waals surface area contributed by atoms with E-state index in [1.165, 1.54) is 185 Å². The molecule has 2 fully saturated rings. The van der Waals surface area contributed by atoms with Gasteiger partial charge in [-0.15, -0.1) is 0 Å². The molecule has 4 nitrogen and oxygen atoms in total. The highest BCUT2D eigenvalue weighted by molar-refractivity contribution is 6.38. The van der Waals surface area contributed by atoms with Crippen molar-refractivity contribution in [1.29, 1.82) is 0 Å². The fourth-order valence-corrected chi connectivity index (χ4v) is 15.4. The number of nitrogens with zero attached hydrogens (tertiary/aromatic N) is 4. The van der Waals surface area contributed by atoms with Crippen molar-refractivity contribution in [2.24, 2.45) is 0 Å². The molecule has 82 heavy (non-hydrogen) atoms. The van der Waals surface area contributed by atoms with Crippen LogP contribution in [0.3, 0.4) is 0 Å². The van der Waals surface area contributed by atoms with Crippen LogP contribution in [0.15, 0.2) is 243 Å². The maximum atomic E-state index is 2.64. The van der Waals surface area contributed by atoms with Crippen molar-refractivity contribution in [3.05, 3.63) is 254 Å². The number of benzene rings is 11. The summed E-state index contributed by atoms with van der Waals surface area (Å²) in [6, 6.07) is 91.9. The van der Waals surface area contributed by atoms with Gasteiger partial charge in [0.25, 0.3) is 0 Å². The highest BCUT2D eigenvalue weighted by Gasteiger charge is 2.31. The van der Waals surface area contributed by atoms with Crippen molar-refractivity contribution in [3.63, 3.8) is 0 Å². The summed E-state index contributed by atoms with van der Waals surface area (Å²) in [5.74, 6) is 1.31. The summed E-state index contributed by atoms with van der Waals surface area (Å²) in [6.45, 7) is 0. The van der Waals surface area contributed by atoms with Crippen LogP contribution < -0.4 is 9.80 Å². The van der Waals surface area contributed by atoms with Gasteiger partial charge in [0.2, 0.25) is 0 Å². The molecule has 0 unspecified atom stereocenters. The Kier molecular flexibility index (Phi) is 11.1. The molecular weight excluding hydrogens is 993 g/mol. The van der Waals surface area contributed by atoms with Gasteiger partial charge in [0.1, 0.15) is 0 Å². The fourth-order valence-electron chi connectivity index (χ4n) is 15.4. The second kappa shape index (κ2) is 19.1. The van der Waals surface area contributed by atoms with E-state index < -0.39 is 0 Å². The molecule has 4 aromatic heterocycles. The molecule has 4 heteroatoms. The quantitative estimate of drug-likeness (QED) is 0.136. The van der Waals surface area contributed by atoms with Crippen molar-refractivity contribution >= 4 is 110 Å². The first-order valence-electron chi connectivity index (χ1n) is 30.1. The second-order valence-electron chi connectivity index (χ2n) is 23.6. The van der Waals surface area contributed by atoms with E-state index in [0.717, 1.165) is 22.7 Å². The smallest absolute Gasteiger partial charge is 0.0634 e. The van der Waals surface area contributed by atoms with Crippen molar-refractivity contribution in [2.45, 2.75) is 76.0 Å². The number of hydrogen-bond donors (Lipinski definition) is 0. The Morgan fingerprint density at radius 3 is 1.00 bits per heavy atom. The first-order valence-corrected chi connectivity index (χ1v) is 30.1. The number of rotatable bonds is 10. The van der Waals surface area contributed by atoms with Gasteiger partial charge in [-0.3, -0.25) is 0 Å². The Balaban J connectivity index is 0.921. The minimum Gasteiger partial charge on any atom is -0.310 e. The molecule has 0 N–H and O–H groups in total. The minimum absolute atomic E-state index is 0.657. The van der Waals surface area contributed by atoms with Gasteiger partial charge in [-0.05, 0) is 145 Å². The molecule has 0 bridgehead atoms. The van der Waals surface area contributed by atoms with E-state index in [-0.39, 0.29) is 0 Å². The normalized spacial score (nSPS) is 14.7. The molecule has 0 spiro atoms. The second-order valence-corrected chi connectivity index (χ2v) is 23.6. The summed E-state index contributed by atoms with van der Waals surface area (Å²) in [6.07, 6.45) is 13.2. The van der Waals surface area contributed by atoms with Crippen LogP contribution in [0.1, 0.15) is 87.2 Å². The van der Waals surface area contributed by atoms with Gasteiger partial charge in [-0.25, -0.2) is 0 Å². The standard InChI is InChI=1S/C78H62N4/c1-7-21-51(22-8-1)53-37-41-59(42-38-53)79(57-29-15-5-16-30-57)61-45-47-69-67(49-61)63-33-19-35-65-73-72(56-27-13-4-14-28-56)78-74(71(55-25-11-3-12-26-55)77(73)81(69)75(63)65)66-36-20-34-64-68-50-62(46-48-70(68)82(78)76(64)66)80(58-31-17-6-18-32-58)60-43-39-54(40-44-60)52-23-9-2-10-24-52/h3-6,11-20,25-52H,1-2,7-10,21-24H2. The lowest BCUT2D eigenvalue weighted by atomic mass is 9.84. The van der Waals surface area contributed by atoms with E-state index in [1.807, 2.05) is 0 Å². The number of hydrogen-bond acceptors (Lipinski definition) is 2. The van der Waals surface area contributed by atoms with E-state index in [9.17, 15) is 0 Å². The van der Waals surface area contributed by atoms with Crippen LogP contribution in [0.4, 0.5) is 34.1 Å². The highest BCUT2D eigenvalue weighted by atomic mass is 15.1. The molecule has 0 amide bonds. The van der Waals surface area contributed by atoms with Crippen LogP contribution in [-0.2, 0) is 0 Å². The van der Waals surface area contributed by atoms with Gasteiger partial charge in [-0.2, -0.15) is 0 Å². The van der Waals surface area contributed by atoms with E-state index >= 15 is 0 Å². The van der Waals surface area contributed by atoms with Gasteiger partial charge >= 0.3 is 0 Å². The van der Waals surface area contributed by atoms with E-state index in [4.69, 9.17) is 0 Å². The average Bonchev–Trinajstić information content (AvgIpc) is 1.86. The monoisotopic (exact) mass is 1050 g/mol. The summed E-state index contributed by atoms with van der Waals surface area (Å²) in [4.78, 5) is 4.89. The van der Waals surface area contributed by atoms with Gasteiger partial charge in [0.15, 0.2) is 0 Å². The Bertz CT molecular complexity index is 4520. The van der Waals surface area contributed by atoms with Crippen LogP contribution in [0.5, 0.6) is 0 Å². The van der Waals surface area contributed by atoms with Gasteiger partial charge < -0.3 is 18.6 Å². The lowest BCUT2D eigenvalue weighted by Gasteiger charge is -2.27. The van der Waals surface area contributed by atoms with Crippen molar-refractivity contribution in [2.75, 3.05) is 9.80 Å². The Hall–Kier alpha value is -9.38. The highest BCUT2D eigenvalue weighted by Crippen LogP contribution is 2.55. The Morgan fingerprint density at radius 1 is 0.268 bits per heavy atom. The summed E-state index contributed by atoms with van der Waals surface area (Å²) in [5, 5.41) is 10.1. The largest absolute Gasteiger partial charge is 0.310 e. The zero-order chi connectivity index (χ0) is 53.8. The summed E-state index contributed by atoms with van der Waals surface area (Å²) < 4.78 is 5.27. The molecule has 2 aliphatic rings. The third-order valence-corrected chi connectivity index (χ3v) is 19.1. The van der Waals surface area contributed by atoms with E-state index in [2.05, 4.69) is 261 Å². The topological polar surface area (TPSA) is 15.3 Å². The predicted octanol–water partition coefficient (Wildman–Crippen LogP) is 22.4. The number of para-hydroxylation sites is 4. The summed E-state index contributed by atoms with van der Waals surface area (Å²) >= 11 is 0. The molecule has 2 aliphatic carbocycles. The van der Waals surface area contributed by atoms with Crippen LogP contribution in [0.25, 0.3) is 98.4 Å². The lowest BCUT2D eigenvalue weighted by molar-refractivity contribution is 0.443. The molecule has 394 valence electrons. The zero-order valence-corrected chi connectivity index (χ0v) is 46.1. The van der Waals surface area contributed by atoms with E-state index in [0.29, 0.717) is 11.8 Å². The van der Waals surface area contributed by atoms with Crippen molar-refractivity contribution < 1.29 is 0 Å². The summed E-state index contributed by atoms with van der Waals surface area (Å²) in [5.41, 5.74) is 22.3. The maximum absolute atomic E-state index is 2.64. The number of anilines is 6. The predicted molar refractivity (Wildman–Crippen MR) is 348 cm³/mol. The lowest BCUT2D eigenvalue weighted by Crippen LogP contribution is -2.10. The molecule has 11 aromatic carbocycles. The van der Waals surface area contributed by atoms with Gasteiger partial charge in [0, 0.05) is 88.3 Å². The molecule has 0 saturated heterocycles. The Labute approximate surface area is 478 Å². The fraction of sp³-hybridized carbons (Fsp3) is 0.154. The van der Waals surface area contributed by atoms with Gasteiger partial charge in [0.05, 0.1) is 33.1 Å². The van der Waals surface area contributed by atoms with Crippen LogP contribution >= 0.6 is 0 Å². The van der Waals surface area contributed by atoms with Crippen LogP contribution in [0, 0.1) is 0 Å². The molecular formula is C78H62N4. The third kappa shape index (κ3) is 7.29. The molecule has 2 saturated carbocycles. The molecule has 0 radical (unpaired) electrons. The van der Waals surface area contributed by atoms with Crippen LogP contribution in [-0.4, -0.2) is 8.80 Å². The zero-order valence-electron chi connectivity index (χ0n) is 46.1. The average molecular weight is 1060 g/mol. The molecule has 17 rings (SSSR count). The molecule has 4 heterocycles. The molecule has 15 aromatic rings. The summed E-state index contributed by atoms with van der Waals surface area (Å²) in [7, 11) is 0. The first-order chi connectivity index (χ1) is 40.7. The van der Waals surface area contributed by atoms with Crippen LogP contribution in [0.2, 0.25) is 0 Å². The van der Waals surface area contributed by atoms with E-state index in [1.54, 1.807) is 0 Å². The maximum Gasteiger partial charge on any atom is 0.0634 e. The molecule has 0 atom stereocenters. The molecule has 0 aliphatic heterocycles. The minimum atomic E-state index is 0.657. The first kappa shape index (κ1) is 47.4. The third-order valence-electron chi connectivity index (χ3n) is 19.1. The number of fused-ring (bicyclic) bond motifs is 12. The van der Waals surface area contributed by atoms with Gasteiger partial charge in [-0.1, -0.05) is 196 Å². The SMILES string of the molecule is c1ccc(-c2c3c4cccc5c6cc(N(c7ccccc7)c7ccc(C8CCCCC8)cc7)ccc6n(c3c(-c3ccccc3)c3c6cccc7c8cc(N(c9ccccc9)c9ccc(C%10CCCCC%10)cc9)ccc8n(c23)c76)c54)cc1. The number of aromatic nitrogens is 2. The Morgan fingerprint density at radius 2 is 0.610 bits per heavy atom.